The van der Waals surface area contributed by atoms with Crippen molar-refractivity contribution in [2.45, 2.75) is 44.6 Å². The third-order valence-corrected chi connectivity index (χ3v) is 4.90. The molecule has 0 bridgehead atoms. The molecule has 5 heteroatoms. The Kier molecular flexibility index (Phi) is 4.38. The quantitative estimate of drug-likeness (QED) is 0.858. The smallest absolute Gasteiger partial charge is 0.257 e. The fourth-order valence-corrected chi connectivity index (χ4v) is 3.29. The van der Waals surface area contributed by atoms with Crippen LogP contribution in [0.1, 0.15) is 53.5 Å². The zero-order valence-corrected chi connectivity index (χ0v) is 14.5. The number of para-hydroxylation sites is 1. The molecule has 1 saturated carbocycles. The topological polar surface area (TPSA) is 55.3 Å². The number of ether oxygens (including phenoxy) is 1. The van der Waals surface area contributed by atoms with Crippen molar-refractivity contribution >= 4 is 5.91 Å². The number of aryl methyl sites for hydroxylation is 1. The number of aromatic nitrogens is 2. The molecule has 0 spiro atoms. The summed E-state index contributed by atoms with van der Waals surface area (Å²) in [6.07, 6.45) is 6.09. The molecule has 1 aromatic carbocycles. The first-order chi connectivity index (χ1) is 12.2. The Morgan fingerprint density at radius 3 is 2.60 bits per heavy atom. The van der Waals surface area contributed by atoms with Crippen LogP contribution in [0.25, 0.3) is 0 Å². The predicted molar refractivity (Wildman–Crippen MR) is 94.7 cm³/mol. The third-order valence-electron chi connectivity index (χ3n) is 4.90. The van der Waals surface area contributed by atoms with E-state index < -0.39 is 0 Å². The third kappa shape index (κ3) is 3.65. The van der Waals surface area contributed by atoms with Gasteiger partial charge in [0, 0.05) is 30.9 Å². The number of piperidine rings is 1. The second-order valence-electron chi connectivity index (χ2n) is 6.94. The Morgan fingerprint density at radius 1 is 1.12 bits per heavy atom. The predicted octanol–water partition coefficient (Wildman–Crippen LogP) is 3.35. The molecular weight excluding hydrogens is 314 g/mol. The summed E-state index contributed by atoms with van der Waals surface area (Å²) in [6, 6.07) is 9.52. The number of benzene rings is 1. The summed E-state index contributed by atoms with van der Waals surface area (Å²) >= 11 is 0. The number of hydrogen-bond donors (Lipinski definition) is 0. The lowest BCUT2D eigenvalue weighted by Crippen LogP contribution is -2.38. The fourth-order valence-electron chi connectivity index (χ4n) is 3.29. The minimum atomic E-state index is 0.0693. The van der Waals surface area contributed by atoms with Crippen molar-refractivity contribution in [3.05, 3.63) is 53.6 Å². The van der Waals surface area contributed by atoms with E-state index in [1.54, 1.807) is 0 Å². The highest BCUT2D eigenvalue weighted by Crippen LogP contribution is 2.31. The summed E-state index contributed by atoms with van der Waals surface area (Å²) in [5, 5.41) is 0. The molecule has 25 heavy (non-hydrogen) atoms. The zero-order valence-electron chi connectivity index (χ0n) is 14.5. The van der Waals surface area contributed by atoms with Gasteiger partial charge in [-0.1, -0.05) is 12.1 Å². The molecule has 0 N–H and O–H groups in total. The monoisotopic (exact) mass is 337 g/mol. The normalized spacial score (nSPS) is 18.2. The van der Waals surface area contributed by atoms with Gasteiger partial charge in [0.1, 0.15) is 11.6 Å². The van der Waals surface area contributed by atoms with Crippen LogP contribution in [-0.2, 0) is 0 Å². The SMILES string of the molecule is Cc1ccnc(C2CCN(C(=O)c3ccccc3OC3CC3)CC2)n1. The molecule has 0 atom stereocenters. The van der Waals surface area contributed by atoms with Gasteiger partial charge in [-0.05, 0) is 50.8 Å². The molecule has 1 aliphatic carbocycles. The van der Waals surface area contributed by atoms with Gasteiger partial charge in [0.05, 0.1) is 11.7 Å². The summed E-state index contributed by atoms with van der Waals surface area (Å²) in [5.41, 5.74) is 1.68. The van der Waals surface area contributed by atoms with E-state index in [0.29, 0.717) is 11.5 Å². The summed E-state index contributed by atoms with van der Waals surface area (Å²) in [4.78, 5) is 23.8. The maximum atomic E-state index is 12.9. The first-order valence-electron chi connectivity index (χ1n) is 9.05. The van der Waals surface area contributed by atoms with Crippen LogP contribution < -0.4 is 4.74 Å². The highest BCUT2D eigenvalue weighted by atomic mass is 16.5. The molecule has 4 rings (SSSR count). The molecule has 130 valence electrons. The summed E-state index contributed by atoms with van der Waals surface area (Å²) in [7, 11) is 0. The second-order valence-corrected chi connectivity index (χ2v) is 6.94. The van der Waals surface area contributed by atoms with Crippen LogP contribution in [0, 0.1) is 6.92 Å². The summed E-state index contributed by atoms with van der Waals surface area (Å²) in [6.45, 7) is 3.46. The number of likely N-dealkylation sites (tertiary alicyclic amines) is 1. The van der Waals surface area contributed by atoms with E-state index in [9.17, 15) is 4.79 Å². The Balaban J connectivity index is 1.43. The Bertz CT molecular complexity index is 765. The van der Waals surface area contributed by atoms with Crippen LogP contribution in [0.4, 0.5) is 0 Å². The van der Waals surface area contributed by atoms with E-state index in [0.717, 1.165) is 56.0 Å². The first-order valence-corrected chi connectivity index (χ1v) is 9.05. The van der Waals surface area contributed by atoms with Crippen molar-refractivity contribution in [3.63, 3.8) is 0 Å². The summed E-state index contributed by atoms with van der Waals surface area (Å²) < 4.78 is 5.90. The number of carbonyl (C=O) groups is 1. The average Bonchev–Trinajstić information content (AvgIpc) is 3.46. The molecule has 2 fully saturated rings. The maximum Gasteiger partial charge on any atom is 0.257 e. The Hall–Kier alpha value is -2.43. The number of carbonyl (C=O) groups excluding carboxylic acids is 1. The Morgan fingerprint density at radius 2 is 1.88 bits per heavy atom. The molecule has 1 aliphatic heterocycles. The van der Waals surface area contributed by atoms with E-state index in [1.807, 2.05) is 48.4 Å². The van der Waals surface area contributed by atoms with Crippen LogP contribution in [0.2, 0.25) is 0 Å². The van der Waals surface area contributed by atoms with E-state index >= 15 is 0 Å². The van der Waals surface area contributed by atoms with Gasteiger partial charge < -0.3 is 9.64 Å². The number of nitrogens with zero attached hydrogens (tertiary/aromatic N) is 3. The van der Waals surface area contributed by atoms with Gasteiger partial charge in [-0.25, -0.2) is 9.97 Å². The van der Waals surface area contributed by atoms with E-state index in [1.165, 1.54) is 0 Å². The molecule has 0 unspecified atom stereocenters. The van der Waals surface area contributed by atoms with Gasteiger partial charge in [-0.3, -0.25) is 4.79 Å². The van der Waals surface area contributed by atoms with Crippen LogP contribution in [0.5, 0.6) is 5.75 Å². The van der Waals surface area contributed by atoms with Crippen molar-refractivity contribution in [2.24, 2.45) is 0 Å². The van der Waals surface area contributed by atoms with Crippen LogP contribution in [-0.4, -0.2) is 40.0 Å². The molecule has 1 aromatic heterocycles. The molecule has 2 heterocycles. The number of amides is 1. The van der Waals surface area contributed by atoms with Gasteiger partial charge >= 0.3 is 0 Å². The average molecular weight is 337 g/mol. The van der Waals surface area contributed by atoms with E-state index in [2.05, 4.69) is 9.97 Å². The fraction of sp³-hybridized carbons (Fsp3) is 0.450. The molecule has 1 saturated heterocycles. The Labute approximate surface area is 148 Å². The van der Waals surface area contributed by atoms with Gasteiger partial charge in [0.15, 0.2) is 0 Å². The van der Waals surface area contributed by atoms with Gasteiger partial charge in [-0.2, -0.15) is 0 Å². The lowest BCUT2D eigenvalue weighted by molar-refractivity contribution is 0.0706. The highest BCUT2D eigenvalue weighted by Gasteiger charge is 2.29. The number of rotatable bonds is 4. The second kappa shape index (κ2) is 6.82. The van der Waals surface area contributed by atoms with Crippen LogP contribution in [0.3, 0.4) is 0 Å². The first kappa shape index (κ1) is 16.1. The molecule has 2 aromatic rings. The standard InChI is InChI=1S/C20H23N3O2/c1-14-8-11-21-19(22-14)15-9-12-23(13-10-15)20(24)17-4-2-3-5-18(17)25-16-6-7-16/h2-5,8,11,15-16H,6-7,9-10,12-13H2,1H3. The van der Waals surface area contributed by atoms with Crippen LogP contribution in [0.15, 0.2) is 36.5 Å². The highest BCUT2D eigenvalue weighted by molar-refractivity contribution is 5.97. The molecule has 5 nitrogen and oxygen atoms in total. The van der Waals surface area contributed by atoms with E-state index in [-0.39, 0.29) is 12.0 Å². The lowest BCUT2D eigenvalue weighted by atomic mass is 9.95. The minimum absolute atomic E-state index is 0.0693. The molecule has 2 aliphatic rings. The van der Waals surface area contributed by atoms with Crippen molar-refractivity contribution in [1.29, 1.82) is 0 Å². The maximum absolute atomic E-state index is 12.9. The van der Waals surface area contributed by atoms with Gasteiger partial charge in [0.25, 0.3) is 5.91 Å². The van der Waals surface area contributed by atoms with Crippen molar-refractivity contribution in [3.8, 4) is 5.75 Å². The van der Waals surface area contributed by atoms with Crippen LogP contribution >= 0.6 is 0 Å². The molecular formula is C20H23N3O2. The zero-order chi connectivity index (χ0) is 17.2. The number of hydrogen-bond acceptors (Lipinski definition) is 4. The largest absolute Gasteiger partial charge is 0.490 e. The molecule has 1 amide bonds. The van der Waals surface area contributed by atoms with Crippen molar-refractivity contribution < 1.29 is 9.53 Å². The van der Waals surface area contributed by atoms with Gasteiger partial charge in [0.2, 0.25) is 0 Å². The summed E-state index contributed by atoms with van der Waals surface area (Å²) in [5.74, 6) is 2.03. The molecule has 0 radical (unpaired) electrons. The van der Waals surface area contributed by atoms with Gasteiger partial charge in [-0.15, -0.1) is 0 Å². The lowest BCUT2D eigenvalue weighted by Gasteiger charge is -2.31. The minimum Gasteiger partial charge on any atom is -0.490 e. The van der Waals surface area contributed by atoms with Crippen molar-refractivity contribution in [1.82, 2.24) is 14.9 Å². The van der Waals surface area contributed by atoms with Crippen molar-refractivity contribution in [2.75, 3.05) is 13.1 Å². The van der Waals surface area contributed by atoms with E-state index in [4.69, 9.17) is 4.74 Å².